The zero-order valence-corrected chi connectivity index (χ0v) is 11.1. The molecule has 0 bridgehead atoms. The molecule has 1 aliphatic rings. The number of hydrogen-bond acceptors (Lipinski definition) is 4. The van der Waals surface area contributed by atoms with Crippen molar-refractivity contribution in [3.05, 3.63) is 22.8 Å². The molecule has 1 unspecified atom stereocenters. The summed E-state index contributed by atoms with van der Waals surface area (Å²) in [5, 5.41) is 3.40. The average molecular weight is 269 g/mol. The van der Waals surface area contributed by atoms with Crippen molar-refractivity contribution in [2.45, 2.75) is 25.9 Å². The van der Waals surface area contributed by atoms with Crippen LogP contribution in [-0.2, 0) is 11.3 Å². The maximum atomic E-state index is 11.8. The number of amides is 1. The molecule has 2 rings (SSSR count). The summed E-state index contributed by atoms with van der Waals surface area (Å²) in [5.41, 5.74) is 6.48. The van der Waals surface area contributed by atoms with Gasteiger partial charge < -0.3 is 16.0 Å². The molecule has 1 amide bonds. The minimum Gasteiger partial charge on any atom is -0.353 e. The number of piperazine rings is 1. The molecule has 1 saturated heterocycles. The SMILES string of the molecule is CCC1C(=O)NCCN1c1nccc(CN)c1Cl. The van der Waals surface area contributed by atoms with Crippen LogP contribution in [0.25, 0.3) is 0 Å². The van der Waals surface area contributed by atoms with Gasteiger partial charge in [-0.05, 0) is 18.1 Å². The van der Waals surface area contributed by atoms with Gasteiger partial charge in [0.25, 0.3) is 0 Å². The molecule has 0 aliphatic carbocycles. The van der Waals surface area contributed by atoms with Crippen LogP contribution in [-0.4, -0.2) is 30.0 Å². The Hall–Kier alpha value is -1.33. The van der Waals surface area contributed by atoms with Crippen molar-refractivity contribution in [1.82, 2.24) is 10.3 Å². The minimum atomic E-state index is -0.211. The van der Waals surface area contributed by atoms with Crippen LogP contribution < -0.4 is 16.0 Å². The van der Waals surface area contributed by atoms with E-state index in [1.807, 2.05) is 11.8 Å². The van der Waals surface area contributed by atoms with E-state index in [4.69, 9.17) is 17.3 Å². The van der Waals surface area contributed by atoms with Gasteiger partial charge in [-0.2, -0.15) is 0 Å². The highest BCUT2D eigenvalue weighted by Gasteiger charge is 2.30. The van der Waals surface area contributed by atoms with E-state index in [1.54, 1.807) is 12.3 Å². The fourth-order valence-corrected chi connectivity index (χ4v) is 2.50. The number of nitrogens with zero attached hydrogens (tertiary/aromatic N) is 2. The third-order valence-electron chi connectivity index (χ3n) is 3.16. The van der Waals surface area contributed by atoms with Crippen LogP contribution in [0.2, 0.25) is 5.02 Å². The summed E-state index contributed by atoms with van der Waals surface area (Å²) in [5.74, 6) is 0.682. The Morgan fingerprint density at radius 1 is 1.67 bits per heavy atom. The molecule has 1 aromatic rings. The zero-order chi connectivity index (χ0) is 13.1. The summed E-state index contributed by atoms with van der Waals surface area (Å²) < 4.78 is 0. The van der Waals surface area contributed by atoms with E-state index in [-0.39, 0.29) is 11.9 Å². The molecule has 6 heteroatoms. The van der Waals surface area contributed by atoms with Gasteiger partial charge >= 0.3 is 0 Å². The van der Waals surface area contributed by atoms with Gasteiger partial charge in [0.15, 0.2) is 0 Å². The number of aromatic nitrogens is 1. The second-order valence-corrected chi connectivity index (χ2v) is 4.60. The second-order valence-electron chi connectivity index (χ2n) is 4.22. The molecule has 0 spiro atoms. The quantitative estimate of drug-likeness (QED) is 0.855. The molecule has 1 atom stereocenters. The first kappa shape index (κ1) is 13.1. The highest BCUT2D eigenvalue weighted by Crippen LogP contribution is 2.29. The topological polar surface area (TPSA) is 71.2 Å². The Kier molecular flexibility index (Phi) is 4.04. The number of rotatable bonds is 3. The van der Waals surface area contributed by atoms with Crippen molar-refractivity contribution in [2.75, 3.05) is 18.0 Å². The monoisotopic (exact) mass is 268 g/mol. The maximum absolute atomic E-state index is 11.8. The van der Waals surface area contributed by atoms with Crippen molar-refractivity contribution < 1.29 is 4.79 Å². The fourth-order valence-electron chi connectivity index (χ4n) is 2.20. The third kappa shape index (κ3) is 2.28. The van der Waals surface area contributed by atoms with Gasteiger partial charge in [0.1, 0.15) is 11.9 Å². The maximum Gasteiger partial charge on any atom is 0.242 e. The van der Waals surface area contributed by atoms with Crippen LogP contribution in [0.15, 0.2) is 12.3 Å². The highest BCUT2D eigenvalue weighted by molar-refractivity contribution is 6.33. The van der Waals surface area contributed by atoms with Crippen LogP contribution in [0, 0.1) is 0 Å². The number of nitrogens with one attached hydrogen (secondary N) is 1. The molecule has 98 valence electrons. The molecule has 18 heavy (non-hydrogen) atoms. The first-order valence-electron chi connectivity index (χ1n) is 6.06. The van der Waals surface area contributed by atoms with Crippen LogP contribution in [0.1, 0.15) is 18.9 Å². The van der Waals surface area contributed by atoms with Crippen LogP contribution >= 0.6 is 11.6 Å². The molecule has 1 aromatic heterocycles. The lowest BCUT2D eigenvalue weighted by Gasteiger charge is -2.36. The first-order chi connectivity index (χ1) is 8.69. The van der Waals surface area contributed by atoms with Gasteiger partial charge in [-0.15, -0.1) is 0 Å². The molecule has 2 heterocycles. The van der Waals surface area contributed by atoms with Crippen LogP contribution in [0.4, 0.5) is 5.82 Å². The summed E-state index contributed by atoms with van der Waals surface area (Å²) in [6.45, 7) is 3.67. The van der Waals surface area contributed by atoms with E-state index < -0.39 is 0 Å². The van der Waals surface area contributed by atoms with Crippen molar-refractivity contribution in [3.63, 3.8) is 0 Å². The number of halogens is 1. The first-order valence-corrected chi connectivity index (χ1v) is 6.44. The Labute approximate surface area is 111 Å². The Morgan fingerprint density at radius 2 is 2.44 bits per heavy atom. The summed E-state index contributed by atoms with van der Waals surface area (Å²) in [6, 6.07) is 1.59. The molecule has 0 radical (unpaired) electrons. The molecule has 5 nitrogen and oxygen atoms in total. The normalized spacial score (nSPS) is 19.8. The van der Waals surface area contributed by atoms with Gasteiger partial charge in [-0.3, -0.25) is 4.79 Å². The lowest BCUT2D eigenvalue weighted by Crippen LogP contribution is -2.55. The molecular formula is C12H17ClN4O. The van der Waals surface area contributed by atoms with E-state index in [9.17, 15) is 4.79 Å². The van der Waals surface area contributed by atoms with Gasteiger partial charge in [-0.1, -0.05) is 18.5 Å². The van der Waals surface area contributed by atoms with Crippen LogP contribution in [0.5, 0.6) is 0 Å². The summed E-state index contributed by atoms with van der Waals surface area (Å²) >= 11 is 6.30. The number of anilines is 1. The van der Waals surface area contributed by atoms with Crippen molar-refractivity contribution >= 4 is 23.3 Å². The average Bonchev–Trinajstić information content (AvgIpc) is 2.39. The molecule has 0 saturated carbocycles. The van der Waals surface area contributed by atoms with Crippen LogP contribution in [0.3, 0.4) is 0 Å². The number of hydrogen-bond donors (Lipinski definition) is 2. The van der Waals surface area contributed by atoms with Gasteiger partial charge in [0, 0.05) is 25.8 Å². The molecule has 3 N–H and O–H groups in total. The molecule has 1 fully saturated rings. The van der Waals surface area contributed by atoms with Crippen molar-refractivity contribution in [2.24, 2.45) is 5.73 Å². The number of carbonyl (C=O) groups is 1. The van der Waals surface area contributed by atoms with E-state index in [0.717, 1.165) is 12.0 Å². The highest BCUT2D eigenvalue weighted by atomic mass is 35.5. The van der Waals surface area contributed by atoms with Gasteiger partial charge in [0.2, 0.25) is 5.91 Å². The Bertz CT molecular complexity index is 452. The largest absolute Gasteiger partial charge is 0.353 e. The van der Waals surface area contributed by atoms with E-state index in [2.05, 4.69) is 10.3 Å². The molecular weight excluding hydrogens is 252 g/mol. The molecule has 0 aromatic carbocycles. The van der Waals surface area contributed by atoms with Crippen molar-refractivity contribution in [1.29, 1.82) is 0 Å². The smallest absolute Gasteiger partial charge is 0.242 e. The van der Waals surface area contributed by atoms with Gasteiger partial charge in [0.05, 0.1) is 5.02 Å². The minimum absolute atomic E-state index is 0.0276. The summed E-state index contributed by atoms with van der Waals surface area (Å²) in [4.78, 5) is 18.1. The molecule has 1 aliphatic heterocycles. The summed E-state index contributed by atoms with van der Waals surface area (Å²) in [7, 11) is 0. The number of carbonyl (C=O) groups excluding carboxylic acids is 1. The van der Waals surface area contributed by atoms with E-state index in [1.165, 1.54) is 0 Å². The second kappa shape index (κ2) is 5.54. The number of pyridine rings is 1. The Balaban J connectivity index is 2.37. The van der Waals surface area contributed by atoms with E-state index in [0.29, 0.717) is 30.5 Å². The van der Waals surface area contributed by atoms with Crippen molar-refractivity contribution in [3.8, 4) is 0 Å². The van der Waals surface area contributed by atoms with Gasteiger partial charge in [-0.25, -0.2) is 4.98 Å². The third-order valence-corrected chi connectivity index (χ3v) is 3.57. The summed E-state index contributed by atoms with van der Waals surface area (Å²) in [6.07, 6.45) is 2.40. The lowest BCUT2D eigenvalue weighted by molar-refractivity contribution is -0.123. The number of nitrogens with two attached hydrogens (primary N) is 1. The predicted molar refractivity (Wildman–Crippen MR) is 71.6 cm³/mol. The predicted octanol–water partition coefficient (Wildman–Crippen LogP) is 0.908. The standard InChI is InChI=1S/C12H17ClN4O/c1-2-9-12(18)16-5-6-17(9)11-10(13)8(7-14)3-4-15-11/h3-4,9H,2,5-7,14H2,1H3,(H,16,18). The fraction of sp³-hybridized carbons (Fsp3) is 0.500. The Morgan fingerprint density at radius 3 is 3.11 bits per heavy atom. The zero-order valence-electron chi connectivity index (χ0n) is 10.3. The van der Waals surface area contributed by atoms with E-state index >= 15 is 0 Å². The lowest BCUT2D eigenvalue weighted by atomic mass is 10.1.